The van der Waals surface area contributed by atoms with E-state index in [2.05, 4.69) is 22.8 Å². The number of H-pyrrole nitrogens is 1. The highest BCUT2D eigenvalue weighted by molar-refractivity contribution is 6.08. The van der Waals surface area contributed by atoms with Gasteiger partial charge in [-0.3, -0.25) is 4.79 Å². The summed E-state index contributed by atoms with van der Waals surface area (Å²) in [5, 5.41) is 0. The van der Waals surface area contributed by atoms with Gasteiger partial charge >= 0.3 is 0 Å². The van der Waals surface area contributed by atoms with Crippen molar-refractivity contribution in [2.24, 2.45) is 0 Å². The van der Waals surface area contributed by atoms with Gasteiger partial charge in [0.2, 0.25) is 0 Å². The lowest BCUT2D eigenvalue weighted by Crippen LogP contribution is -1.97. The Hall–Kier alpha value is -1.56. The number of imidazole rings is 1. The molecule has 0 atom stereocenters. The predicted molar refractivity (Wildman–Crippen MR) is 50.5 cm³/mol. The van der Waals surface area contributed by atoms with Crippen molar-refractivity contribution < 1.29 is 4.79 Å². The third-order valence-corrected chi connectivity index (χ3v) is 1.77. The largest absolute Gasteiger partial charge is 0.345 e. The molecule has 3 nitrogen and oxygen atoms in total. The number of rotatable bonds is 3. The fraction of sp³-hybridized carbons (Fsp3) is 0.400. The molecule has 0 bridgehead atoms. The molecule has 0 radical (unpaired) electrons. The second-order valence-corrected chi connectivity index (χ2v) is 2.88. The van der Waals surface area contributed by atoms with Crippen molar-refractivity contribution in [3.63, 3.8) is 0 Å². The quantitative estimate of drug-likeness (QED) is 0.431. The lowest BCUT2D eigenvalue weighted by Gasteiger charge is -1.87. The number of carbonyl (C=O) groups is 1. The molecule has 0 unspecified atom stereocenters. The van der Waals surface area contributed by atoms with Gasteiger partial charge in [0.1, 0.15) is 11.5 Å². The average Bonchev–Trinajstić information content (AvgIpc) is 2.46. The van der Waals surface area contributed by atoms with Crippen LogP contribution < -0.4 is 0 Å². The van der Waals surface area contributed by atoms with Gasteiger partial charge < -0.3 is 4.98 Å². The highest BCUT2D eigenvalue weighted by Crippen LogP contribution is 2.06. The van der Waals surface area contributed by atoms with E-state index >= 15 is 0 Å². The van der Waals surface area contributed by atoms with E-state index in [9.17, 15) is 4.79 Å². The van der Waals surface area contributed by atoms with E-state index < -0.39 is 0 Å². The molecule has 0 saturated heterocycles. The second kappa shape index (κ2) is 3.90. The first-order valence-electron chi connectivity index (χ1n) is 4.25. The van der Waals surface area contributed by atoms with E-state index in [0.717, 1.165) is 24.4 Å². The zero-order valence-corrected chi connectivity index (χ0v) is 7.85. The Kier molecular flexibility index (Phi) is 2.86. The zero-order valence-electron chi connectivity index (χ0n) is 7.85. The van der Waals surface area contributed by atoms with Crippen LogP contribution in [0.1, 0.15) is 35.4 Å². The maximum atomic E-state index is 11.1. The summed E-state index contributed by atoms with van der Waals surface area (Å²) in [5.74, 6) is 2.54. The van der Waals surface area contributed by atoms with E-state index in [1.165, 1.54) is 0 Å². The maximum absolute atomic E-state index is 11.1. The SMILES string of the molecule is C#CC(=O)c1nc(CCC)[nH]c1C. The molecule has 0 fully saturated rings. The molecule has 68 valence electrons. The first kappa shape index (κ1) is 9.53. The van der Waals surface area contributed by atoms with Gasteiger partial charge in [0.05, 0.1) is 0 Å². The van der Waals surface area contributed by atoms with Crippen LogP contribution in [-0.2, 0) is 6.42 Å². The molecule has 1 rings (SSSR count). The van der Waals surface area contributed by atoms with E-state index in [0.29, 0.717) is 5.69 Å². The van der Waals surface area contributed by atoms with E-state index in [-0.39, 0.29) is 5.78 Å². The number of aromatic nitrogens is 2. The summed E-state index contributed by atoms with van der Waals surface area (Å²) in [6.07, 6.45) is 6.85. The number of hydrogen-bond acceptors (Lipinski definition) is 2. The van der Waals surface area contributed by atoms with Crippen molar-refractivity contribution in [3.8, 4) is 12.3 Å². The van der Waals surface area contributed by atoms with Crippen LogP contribution in [0, 0.1) is 19.3 Å². The predicted octanol–water partition coefficient (Wildman–Crippen LogP) is 1.49. The van der Waals surface area contributed by atoms with Crippen molar-refractivity contribution in [1.29, 1.82) is 0 Å². The van der Waals surface area contributed by atoms with Gasteiger partial charge in [-0.25, -0.2) is 4.98 Å². The summed E-state index contributed by atoms with van der Waals surface area (Å²) in [7, 11) is 0. The Morgan fingerprint density at radius 1 is 1.69 bits per heavy atom. The van der Waals surface area contributed by atoms with Crippen LogP contribution in [0.15, 0.2) is 0 Å². The van der Waals surface area contributed by atoms with Crippen LogP contribution in [0.25, 0.3) is 0 Å². The van der Waals surface area contributed by atoms with Gasteiger partial charge in [-0.15, -0.1) is 6.42 Å². The van der Waals surface area contributed by atoms with Gasteiger partial charge in [-0.2, -0.15) is 0 Å². The smallest absolute Gasteiger partial charge is 0.255 e. The Balaban J connectivity index is 2.97. The van der Waals surface area contributed by atoms with Gasteiger partial charge in [0.15, 0.2) is 0 Å². The highest BCUT2D eigenvalue weighted by Gasteiger charge is 2.11. The van der Waals surface area contributed by atoms with Crippen LogP contribution in [0.4, 0.5) is 0 Å². The Labute approximate surface area is 77.6 Å². The normalized spacial score (nSPS) is 9.62. The minimum absolute atomic E-state index is 0.351. The van der Waals surface area contributed by atoms with Crippen LogP contribution in [-0.4, -0.2) is 15.8 Å². The number of nitrogens with zero attached hydrogens (tertiary/aromatic N) is 1. The number of carbonyl (C=O) groups excluding carboxylic acids is 1. The summed E-state index contributed by atoms with van der Waals surface area (Å²) < 4.78 is 0. The average molecular weight is 176 g/mol. The molecule has 3 heteroatoms. The minimum Gasteiger partial charge on any atom is -0.345 e. The molecule has 0 saturated carbocycles. The number of aromatic amines is 1. The van der Waals surface area contributed by atoms with Crippen LogP contribution in [0.2, 0.25) is 0 Å². The molecule has 1 N–H and O–H groups in total. The molecule has 1 heterocycles. The molecule has 1 aromatic heterocycles. The number of Topliss-reactive ketones (excluding diaryl/α,β-unsaturated/α-hetero) is 1. The molecule has 13 heavy (non-hydrogen) atoms. The fourth-order valence-corrected chi connectivity index (χ4v) is 1.17. The summed E-state index contributed by atoms with van der Waals surface area (Å²) >= 11 is 0. The minimum atomic E-state index is -0.351. The second-order valence-electron chi connectivity index (χ2n) is 2.88. The Bertz CT molecular complexity index is 357. The van der Waals surface area contributed by atoms with Gasteiger partial charge in [0, 0.05) is 12.1 Å². The summed E-state index contributed by atoms with van der Waals surface area (Å²) in [4.78, 5) is 18.3. The van der Waals surface area contributed by atoms with Crippen LogP contribution in [0.3, 0.4) is 0 Å². The first-order valence-corrected chi connectivity index (χ1v) is 4.25. The summed E-state index contributed by atoms with van der Waals surface area (Å²) in [6.45, 7) is 3.86. The molecule has 0 spiro atoms. The number of nitrogens with one attached hydrogen (secondary N) is 1. The first-order chi connectivity index (χ1) is 6.19. The number of ketones is 1. The Morgan fingerprint density at radius 2 is 2.38 bits per heavy atom. The Morgan fingerprint density at radius 3 is 2.92 bits per heavy atom. The topological polar surface area (TPSA) is 45.8 Å². The lowest BCUT2D eigenvalue weighted by atomic mass is 10.2. The van der Waals surface area contributed by atoms with Crippen molar-refractivity contribution in [2.45, 2.75) is 26.7 Å². The van der Waals surface area contributed by atoms with Crippen molar-refractivity contribution in [1.82, 2.24) is 9.97 Å². The van der Waals surface area contributed by atoms with Gasteiger partial charge in [0.25, 0.3) is 5.78 Å². The summed E-state index contributed by atoms with van der Waals surface area (Å²) in [5.41, 5.74) is 1.14. The molecule has 1 aromatic rings. The number of hydrogen-bond donors (Lipinski definition) is 1. The zero-order chi connectivity index (χ0) is 9.84. The third-order valence-electron chi connectivity index (χ3n) is 1.77. The van der Waals surface area contributed by atoms with Crippen molar-refractivity contribution in [2.75, 3.05) is 0 Å². The fourth-order valence-electron chi connectivity index (χ4n) is 1.17. The molecular formula is C10H12N2O. The van der Waals surface area contributed by atoms with E-state index in [1.807, 2.05) is 0 Å². The lowest BCUT2D eigenvalue weighted by molar-refractivity contribution is 0.105. The molecule has 0 aromatic carbocycles. The van der Waals surface area contributed by atoms with Crippen molar-refractivity contribution in [3.05, 3.63) is 17.2 Å². The molecule has 0 aliphatic carbocycles. The molecule has 0 aliphatic heterocycles. The van der Waals surface area contributed by atoms with Crippen LogP contribution in [0.5, 0.6) is 0 Å². The van der Waals surface area contributed by atoms with Gasteiger partial charge in [-0.05, 0) is 19.3 Å². The van der Waals surface area contributed by atoms with Gasteiger partial charge in [-0.1, -0.05) is 6.92 Å². The van der Waals surface area contributed by atoms with E-state index in [4.69, 9.17) is 6.42 Å². The standard InChI is InChI=1S/C10H12N2O/c1-4-6-9-11-7(3)10(12-9)8(13)5-2/h2H,4,6H2,1,3H3,(H,11,12). The van der Waals surface area contributed by atoms with Crippen LogP contribution >= 0.6 is 0 Å². The monoisotopic (exact) mass is 176 g/mol. The van der Waals surface area contributed by atoms with Crippen molar-refractivity contribution >= 4 is 5.78 Å². The third kappa shape index (κ3) is 1.97. The summed E-state index contributed by atoms with van der Waals surface area (Å²) in [6, 6.07) is 0. The molecule has 0 amide bonds. The maximum Gasteiger partial charge on any atom is 0.255 e. The highest BCUT2D eigenvalue weighted by atomic mass is 16.1. The number of aryl methyl sites for hydroxylation is 2. The van der Waals surface area contributed by atoms with E-state index in [1.54, 1.807) is 6.92 Å². The number of terminal acetylenes is 1. The molecule has 0 aliphatic rings. The molecular weight excluding hydrogens is 164 g/mol.